The normalized spacial score (nSPS) is 10.8. The zero-order valence-corrected chi connectivity index (χ0v) is 10.5. The molecule has 1 aromatic heterocycles. The molecule has 2 aromatic rings. The molecule has 0 aliphatic carbocycles. The highest BCUT2D eigenvalue weighted by Crippen LogP contribution is 2.32. The van der Waals surface area contributed by atoms with Crippen molar-refractivity contribution in [3.05, 3.63) is 41.0 Å². The van der Waals surface area contributed by atoms with Crippen molar-refractivity contribution in [2.75, 3.05) is 0 Å². The molecule has 0 radical (unpaired) electrons. The maximum Gasteiger partial charge on any atom is 0.261 e. The molecule has 0 saturated carbocycles. The third-order valence-corrected chi connectivity index (χ3v) is 3.48. The van der Waals surface area contributed by atoms with E-state index in [0.29, 0.717) is 16.7 Å². The molecular weight excluding hydrogens is 239 g/mol. The van der Waals surface area contributed by atoms with E-state index >= 15 is 0 Å². The van der Waals surface area contributed by atoms with Crippen LogP contribution in [0.1, 0.15) is 17.0 Å². The van der Waals surface area contributed by atoms with Crippen molar-refractivity contribution in [1.82, 2.24) is 4.98 Å². The third-order valence-electron chi connectivity index (χ3n) is 2.47. The van der Waals surface area contributed by atoms with Gasteiger partial charge in [-0.1, -0.05) is 12.1 Å². The van der Waals surface area contributed by atoms with E-state index in [1.807, 2.05) is 13.8 Å². The van der Waals surface area contributed by atoms with Crippen LogP contribution in [-0.4, -0.2) is 4.98 Å². The number of oxazole rings is 1. The van der Waals surface area contributed by atoms with Crippen molar-refractivity contribution < 1.29 is 8.81 Å². The number of nitrogens with two attached hydrogens (primary N) is 1. The summed E-state index contributed by atoms with van der Waals surface area (Å²) in [5, 5.41) is 0.444. The Morgan fingerprint density at radius 2 is 2.18 bits per heavy atom. The second-order valence-corrected chi connectivity index (χ2v) is 4.62. The molecule has 0 bridgehead atoms. The zero-order chi connectivity index (χ0) is 12.4. The van der Waals surface area contributed by atoms with Crippen molar-refractivity contribution in [1.29, 1.82) is 0 Å². The Morgan fingerprint density at radius 1 is 1.41 bits per heavy atom. The van der Waals surface area contributed by atoms with E-state index in [-0.39, 0.29) is 5.82 Å². The third kappa shape index (κ3) is 2.50. The van der Waals surface area contributed by atoms with Gasteiger partial charge >= 0.3 is 0 Å². The Labute approximate surface area is 103 Å². The predicted octanol–water partition coefficient (Wildman–Crippen LogP) is 3.04. The van der Waals surface area contributed by atoms with Gasteiger partial charge in [0.05, 0.1) is 10.6 Å². The van der Waals surface area contributed by atoms with Gasteiger partial charge in [-0.3, -0.25) is 0 Å². The molecule has 5 heteroatoms. The van der Waals surface area contributed by atoms with E-state index in [2.05, 4.69) is 4.98 Å². The molecule has 0 unspecified atom stereocenters. The molecule has 1 aromatic carbocycles. The Morgan fingerprint density at radius 3 is 2.76 bits per heavy atom. The van der Waals surface area contributed by atoms with Gasteiger partial charge in [-0.15, -0.1) is 0 Å². The summed E-state index contributed by atoms with van der Waals surface area (Å²) >= 11 is 1.17. The number of aromatic nitrogens is 1. The van der Waals surface area contributed by atoms with Crippen LogP contribution in [0.5, 0.6) is 0 Å². The highest BCUT2D eigenvalue weighted by molar-refractivity contribution is 7.99. The largest absolute Gasteiger partial charge is 0.436 e. The lowest BCUT2D eigenvalue weighted by molar-refractivity contribution is 0.430. The van der Waals surface area contributed by atoms with Crippen LogP contribution in [-0.2, 0) is 6.54 Å². The first kappa shape index (κ1) is 12.1. The van der Waals surface area contributed by atoms with Crippen LogP contribution in [0.2, 0.25) is 0 Å². The number of hydrogen-bond donors (Lipinski definition) is 1. The molecular formula is C12H13FN2OS. The summed E-state index contributed by atoms with van der Waals surface area (Å²) in [5.41, 5.74) is 7.15. The molecule has 0 atom stereocenters. The fourth-order valence-corrected chi connectivity index (χ4v) is 2.37. The molecule has 0 saturated heterocycles. The van der Waals surface area contributed by atoms with Crippen LogP contribution < -0.4 is 5.73 Å². The number of aryl methyl sites for hydroxylation is 2. The molecule has 0 amide bonds. The second-order valence-electron chi connectivity index (χ2n) is 3.66. The topological polar surface area (TPSA) is 52.0 Å². The first-order valence-corrected chi connectivity index (χ1v) is 6.03. The van der Waals surface area contributed by atoms with Crippen LogP contribution in [0, 0.1) is 19.7 Å². The van der Waals surface area contributed by atoms with Crippen LogP contribution in [0.3, 0.4) is 0 Å². The summed E-state index contributed by atoms with van der Waals surface area (Å²) in [6.07, 6.45) is 0. The molecule has 0 spiro atoms. The van der Waals surface area contributed by atoms with Gasteiger partial charge in [-0.2, -0.15) is 0 Å². The minimum Gasteiger partial charge on any atom is -0.436 e. The van der Waals surface area contributed by atoms with E-state index in [1.165, 1.54) is 17.8 Å². The maximum atomic E-state index is 13.7. The monoisotopic (exact) mass is 252 g/mol. The van der Waals surface area contributed by atoms with E-state index in [4.69, 9.17) is 10.2 Å². The highest BCUT2D eigenvalue weighted by Gasteiger charge is 2.13. The number of halogens is 1. The van der Waals surface area contributed by atoms with Crippen LogP contribution in [0.4, 0.5) is 4.39 Å². The minimum absolute atomic E-state index is 0.290. The molecule has 0 aliphatic heterocycles. The average Bonchev–Trinajstić information content (AvgIpc) is 2.61. The van der Waals surface area contributed by atoms with E-state index < -0.39 is 0 Å². The quantitative estimate of drug-likeness (QED) is 0.912. The fourth-order valence-electron chi connectivity index (χ4n) is 1.40. The van der Waals surface area contributed by atoms with Crippen LogP contribution >= 0.6 is 11.8 Å². The summed E-state index contributed by atoms with van der Waals surface area (Å²) in [4.78, 5) is 4.69. The molecule has 2 N–H and O–H groups in total. The number of hydrogen-bond acceptors (Lipinski definition) is 4. The van der Waals surface area contributed by atoms with E-state index in [0.717, 1.165) is 17.0 Å². The fraction of sp³-hybridized carbons (Fsp3) is 0.250. The van der Waals surface area contributed by atoms with Crippen molar-refractivity contribution >= 4 is 11.8 Å². The van der Waals surface area contributed by atoms with Crippen molar-refractivity contribution in [3.8, 4) is 0 Å². The molecule has 1 heterocycles. The number of benzene rings is 1. The number of rotatable bonds is 3. The van der Waals surface area contributed by atoms with Gasteiger partial charge in [0.25, 0.3) is 5.22 Å². The predicted molar refractivity (Wildman–Crippen MR) is 64.4 cm³/mol. The van der Waals surface area contributed by atoms with Crippen molar-refractivity contribution in [2.24, 2.45) is 5.73 Å². The molecule has 0 fully saturated rings. The Hall–Kier alpha value is -1.33. The summed E-state index contributed by atoms with van der Waals surface area (Å²) in [5.74, 6) is 0.449. The summed E-state index contributed by atoms with van der Waals surface area (Å²) in [6, 6.07) is 4.85. The average molecular weight is 252 g/mol. The maximum absolute atomic E-state index is 13.7. The van der Waals surface area contributed by atoms with Crippen molar-refractivity contribution in [3.63, 3.8) is 0 Å². The summed E-state index contributed by atoms with van der Waals surface area (Å²) in [6.45, 7) is 3.98. The van der Waals surface area contributed by atoms with Crippen LogP contribution in [0.25, 0.3) is 0 Å². The Balaban J connectivity index is 2.35. The lowest BCUT2D eigenvalue weighted by atomic mass is 10.2. The molecule has 90 valence electrons. The van der Waals surface area contributed by atoms with E-state index in [9.17, 15) is 4.39 Å². The van der Waals surface area contributed by atoms with Gasteiger partial charge in [0.1, 0.15) is 11.6 Å². The first-order valence-electron chi connectivity index (χ1n) is 5.21. The number of nitrogens with zero attached hydrogens (tertiary/aromatic N) is 1. The Kier molecular flexibility index (Phi) is 3.49. The zero-order valence-electron chi connectivity index (χ0n) is 9.66. The standard InChI is InChI=1S/C12H13FN2OS/c1-7-8(2)16-12(15-7)17-11-9(6-14)4-3-5-10(11)13/h3-5H,6,14H2,1-2H3. The highest BCUT2D eigenvalue weighted by atomic mass is 32.2. The smallest absolute Gasteiger partial charge is 0.261 e. The summed E-state index contributed by atoms with van der Waals surface area (Å²) < 4.78 is 19.1. The van der Waals surface area contributed by atoms with Gasteiger partial charge in [0.15, 0.2) is 0 Å². The summed E-state index contributed by atoms with van der Waals surface area (Å²) in [7, 11) is 0. The second kappa shape index (κ2) is 4.89. The molecule has 0 aliphatic rings. The molecule has 2 rings (SSSR count). The Bertz CT molecular complexity index is 520. The van der Waals surface area contributed by atoms with E-state index in [1.54, 1.807) is 12.1 Å². The lowest BCUT2D eigenvalue weighted by Crippen LogP contribution is -1.99. The first-order chi connectivity index (χ1) is 8.11. The molecule has 17 heavy (non-hydrogen) atoms. The van der Waals surface area contributed by atoms with Gasteiger partial charge < -0.3 is 10.2 Å². The van der Waals surface area contributed by atoms with Gasteiger partial charge in [0.2, 0.25) is 0 Å². The molecule has 3 nitrogen and oxygen atoms in total. The van der Waals surface area contributed by atoms with Gasteiger partial charge in [0, 0.05) is 6.54 Å². The van der Waals surface area contributed by atoms with Gasteiger partial charge in [-0.05, 0) is 37.2 Å². The van der Waals surface area contributed by atoms with Crippen LogP contribution in [0.15, 0.2) is 32.7 Å². The van der Waals surface area contributed by atoms with Crippen molar-refractivity contribution in [2.45, 2.75) is 30.5 Å². The minimum atomic E-state index is -0.300. The van der Waals surface area contributed by atoms with Gasteiger partial charge in [-0.25, -0.2) is 9.37 Å². The lowest BCUT2D eigenvalue weighted by Gasteiger charge is -2.05. The SMILES string of the molecule is Cc1nc(Sc2c(F)cccc2CN)oc1C.